The van der Waals surface area contributed by atoms with Crippen LogP contribution in [0.25, 0.3) is 11.8 Å². The Morgan fingerprint density at radius 1 is 1.30 bits per heavy atom. The van der Waals surface area contributed by atoms with Gasteiger partial charge in [0.1, 0.15) is 21.8 Å². The molecule has 11 nitrogen and oxygen atoms in total. The summed E-state index contributed by atoms with van der Waals surface area (Å²) in [5.74, 6) is -0.817. The second-order valence-corrected chi connectivity index (χ2v) is 9.72. The van der Waals surface area contributed by atoms with E-state index in [1.165, 1.54) is 10.8 Å². The topological polar surface area (TPSA) is 146 Å². The number of carbonyl (C=O) groups excluding carboxylic acids is 2. The van der Waals surface area contributed by atoms with Gasteiger partial charge < -0.3 is 20.9 Å². The van der Waals surface area contributed by atoms with Crippen molar-refractivity contribution < 1.29 is 9.59 Å². The highest BCUT2D eigenvalue weighted by Crippen LogP contribution is 2.16. The Kier molecular flexibility index (Phi) is 9.57. The highest BCUT2D eigenvalue weighted by Gasteiger charge is 2.24. The first kappa shape index (κ1) is 27.6. The van der Waals surface area contributed by atoms with E-state index in [0.717, 1.165) is 30.8 Å². The molecule has 0 aliphatic carbocycles. The van der Waals surface area contributed by atoms with Crippen molar-refractivity contribution in [2.75, 3.05) is 50.9 Å². The highest BCUT2D eigenvalue weighted by atomic mass is 32.1. The SMILES string of the molecule is CCn1c(=O)/c(=C\Nc2cccc(NC(=O)CN(C)C3CCN(C)C3)c2)s/c1=C(/C#N)C(=O)NCC#N. The molecule has 1 atom stereocenters. The van der Waals surface area contributed by atoms with E-state index in [0.29, 0.717) is 21.9 Å². The van der Waals surface area contributed by atoms with Gasteiger partial charge in [0, 0.05) is 36.7 Å². The minimum Gasteiger partial charge on any atom is -0.360 e. The Labute approximate surface area is 218 Å². The fraction of sp³-hybridized carbons (Fsp3) is 0.400. The number of anilines is 2. The Morgan fingerprint density at radius 3 is 2.70 bits per heavy atom. The molecule has 0 bridgehead atoms. The summed E-state index contributed by atoms with van der Waals surface area (Å²) in [5, 5.41) is 26.5. The van der Waals surface area contributed by atoms with E-state index in [1.54, 1.807) is 37.3 Å². The van der Waals surface area contributed by atoms with Gasteiger partial charge in [0.25, 0.3) is 11.5 Å². The number of thiazole rings is 1. The number of benzene rings is 1. The molecule has 1 aliphatic rings. The number of carbonyl (C=O) groups is 2. The lowest BCUT2D eigenvalue weighted by Gasteiger charge is -2.23. The van der Waals surface area contributed by atoms with Crippen LogP contribution in [0, 0.1) is 22.7 Å². The number of likely N-dealkylation sites (N-methyl/N-ethyl adjacent to an activating group) is 2. The van der Waals surface area contributed by atoms with Gasteiger partial charge in [0.2, 0.25) is 5.91 Å². The maximum absolute atomic E-state index is 12.9. The second-order valence-electron chi connectivity index (χ2n) is 8.69. The molecule has 2 aromatic rings. The van der Waals surface area contributed by atoms with Gasteiger partial charge in [0.15, 0.2) is 5.57 Å². The van der Waals surface area contributed by atoms with E-state index in [1.807, 2.05) is 13.1 Å². The lowest BCUT2D eigenvalue weighted by atomic mass is 10.2. The smallest absolute Gasteiger partial charge is 0.270 e. The maximum Gasteiger partial charge on any atom is 0.270 e. The van der Waals surface area contributed by atoms with Gasteiger partial charge >= 0.3 is 0 Å². The Hall–Kier alpha value is -3.97. The van der Waals surface area contributed by atoms with Crippen molar-refractivity contribution in [1.29, 1.82) is 10.5 Å². The molecular formula is C25H30N8O3S. The average molecular weight is 523 g/mol. The molecule has 1 saturated heterocycles. The van der Waals surface area contributed by atoms with E-state index in [4.69, 9.17) is 5.26 Å². The molecule has 0 saturated carbocycles. The lowest BCUT2D eigenvalue weighted by Crippen LogP contribution is -2.39. The summed E-state index contributed by atoms with van der Waals surface area (Å²) in [6, 6.07) is 11.1. The predicted octanol–water partition coefficient (Wildman–Crippen LogP) is -0.332. The van der Waals surface area contributed by atoms with Gasteiger partial charge in [-0.25, -0.2) is 0 Å². The molecule has 37 heavy (non-hydrogen) atoms. The summed E-state index contributed by atoms with van der Waals surface area (Å²) in [6.07, 6.45) is 2.55. The summed E-state index contributed by atoms with van der Waals surface area (Å²) < 4.78 is 1.87. The number of hydrogen-bond acceptors (Lipinski definition) is 9. The van der Waals surface area contributed by atoms with E-state index in [2.05, 4.69) is 32.8 Å². The Morgan fingerprint density at radius 2 is 2.05 bits per heavy atom. The summed E-state index contributed by atoms with van der Waals surface area (Å²) in [6.45, 7) is 4.03. The molecule has 1 fully saturated rings. The van der Waals surface area contributed by atoms with Gasteiger partial charge in [-0.3, -0.25) is 23.9 Å². The van der Waals surface area contributed by atoms with Crippen LogP contribution < -0.4 is 30.7 Å². The van der Waals surface area contributed by atoms with E-state index >= 15 is 0 Å². The monoisotopic (exact) mass is 522 g/mol. The first-order valence-electron chi connectivity index (χ1n) is 11.8. The highest BCUT2D eigenvalue weighted by molar-refractivity contribution is 7.07. The van der Waals surface area contributed by atoms with Crippen LogP contribution in [-0.4, -0.2) is 72.5 Å². The van der Waals surface area contributed by atoms with Gasteiger partial charge in [-0.15, -0.1) is 11.3 Å². The summed E-state index contributed by atoms with van der Waals surface area (Å²) in [7, 11) is 4.03. The van der Waals surface area contributed by atoms with Gasteiger partial charge in [-0.2, -0.15) is 10.5 Å². The minimum absolute atomic E-state index is 0.110. The zero-order valence-corrected chi connectivity index (χ0v) is 21.9. The van der Waals surface area contributed by atoms with Crippen LogP contribution in [0.15, 0.2) is 29.1 Å². The third-order valence-corrected chi connectivity index (χ3v) is 7.13. The second kappa shape index (κ2) is 12.8. The number of likely N-dealkylation sites (tertiary alicyclic amines) is 1. The van der Waals surface area contributed by atoms with Crippen molar-refractivity contribution in [3.63, 3.8) is 0 Å². The number of amides is 2. The molecule has 1 aromatic heterocycles. The van der Waals surface area contributed by atoms with Crippen LogP contribution in [0.2, 0.25) is 0 Å². The zero-order chi connectivity index (χ0) is 26.9. The molecule has 1 unspecified atom stereocenters. The Balaban J connectivity index is 1.77. The lowest BCUT2D eigenvalue weighted by molar-refractivity contribution is -0.117. The number of nitriles is 2. The van der Waals surface area contributed by atoms with Gasteiger partial charge in [-0.1, -0.05) is 6.07 Å². The molecule has 1 aliphatic heterocycles. The van der Waals surface area contributed by atoms with Gasteiger partial charge in [-0.05, 0) is 52.2 Å². The Bertz CT molecular complexity index is 1410. The van der Waals surface area contributed by atoms with Crippen LogP contribution in [0.5, 0.6) is 0 Å². The predicted molar refractivity (Wildman–Crippen MR) is 143 cm³/mol. The van der Waals surface area contributed by atoms with Crippen molar-refractivity contribution in [3.8, 4) is 12.1 Å². The fourth-order valence-electron chi connectivity index (χ4n) is 4.06. The number of hydrogen-bond donors (Lipinski definition) is 3. The molecule has 2 heterocycles. The zero-order valence-electron chi connectivity index (χ0n) is 21.1. The third kappa shape index (κ3) is 7.05. The maximum atomic E-state index is 12.9. The molecule has 12 heteroatoms. The normalized spacial score (nSPS) is 16.7. The molecule has 3 rings (SSSR count). The molecule has 2 amide bonds. The molecule has 194 valence electrons. The van der Waals surface area contributed by atoms with E-state index in [-0.39, 0.29) is 41.3 Å². The number of nitrogens with zero attached hydrogens (tertiary/aromatic N) is 5. The molecule has 1 aromatic carbocycles. The molecule has 3 N–H and O–H groups in total. The van der Waals surface area contributed by atoms with Crippen LogP contribution in [-0.2, 0) is 16.1 Å². The third-order valence-electron chi connectivity index (χ3n) is 6.00. The van der Waals surface area contributed by atoms with Crippen LogP contribution in [0.1, 0.15) is 13.3 Å². The largest absolute Gasteiger partial charge is 0.360 e. The van der Waals surface area contributed by atoms with Crippen molar-refractivity contribution in [1.82, 2.24) is 19.7 Å². The first-order chi connectivity index (χ1) is 17.8. The number of nitrogens with one attached hydrogen (secondary N) is 3. The van der Waals surface area contributed by atoms with Crippen molar-refractivity contribution >= 4 is 46.3 Å². The number of rotatable bonds is 9. The summed E-state index contributed by atoms with van der Waals surface area (Å²) >= 11 is 1.01. The fourth-order valence-corrected chi connectivity index (χ4v) is 5.15. The molecular weight excluding hydrogens is 492 g/mol. The van der Waals surface area contributed by atoms with Gasteiger partial charge in [0.05, 0.1) is 12.6 Å². The van der Waals surface area contributed by atoms with Crippen LogP contribution in [0.4, 0.5) is 11.4 Å². The molecule has 0 spiro atoms. The van der Waals surface area contributed by atoms with Crippen molar-refractivity contribution in [2.24, 2.45) is 0 Å². The average Bonchev–Trinajstić information content (AvgIpc) is 3.44. The van der Waals surface area contributed by atoms with Crippen molar-refractivity contribution in [3.05, 3.63) is 43.8 Å². The standard InChI is InChI=1S/C25H30N8O3S/c1-4-33-24(36)21(37-25(33)20(13-27)23(35)28-10-9-26)14-29-17-6-5-7-18(12-17)30-22(34)16-32(3)19-8-11-31(2)15-19/h5-7,12,14,19,29H,4,8,10-11,15-16H2,1-3H3,(H,28,35)(H,30,34)/b21-14+,25-20-. The number of aromatic nitrogens is 1. The quantitative estimate of drug-likeness (QED) is 0.380. The van der Waals surface area contributed by atoms with Crippen LogP contribution in [0.3, 0.4) is 0 Å². The summed E-state index contributed by atoms with van der Waals surface area (Å²) in [5.41, 5.74) is 0.698. The van der Waals surface area contributed by atoms with Crippen molar-refractivity contribution in [2.45, 2.75) is 25.9 Å². The van der Waals surface area contributed by atoms with E-state index in [9.17, 15) is 19.6 Å². The first-order valence-corrected chi connectivity index (χ1v) is 12.6. The molecule has 0 radical (unpaired) electrons. The van der Waals surface area contributed by atoms with Crippen LogP contribution >= 0.6 is 11.3 Å². The minimum atomic E-state index is -0.707. The summed E-state index contributed by atoms with van der Waals surface area (Å²) in [4.78, 5) is 42.0. The van der Waals surface area contributed by atoms with E-state index < -0.39 is 5.91 Å².